The molecule has 64 valence electrons. The van der Waals surface area contributed by atoms with Crippen molar-refractivity contribution in [3.05, 3.63) is 0 Å². The van der Waals surface area contributed by atoms with E-state index in [2.05, 4.69) is 18.1 Å². The van der Waals surface area contributed by atoms with Crippen molar-refractivity contribution in [1.82, 2.24) is 4.90 Å². The summed E-state index contributed by atoms with van der Waals surface area (Å²) in [6, 6.07) is 0.566. The lowest BCUT2D eigenvalue weighted by Crippen LogP contribution is -2.32. The van der Waals surface area contributed by atoms with Crippen LogP contribution in [0.1, 0.15) is 13.3 Å². The number of likely N-dealkylation sites (tertiary alicyclic amines) is 1. The van der Waals surface area contributed by atoms with Gasteiger partial charge in [-0.2, -0.15) is 11.8 Å². The van der Waals surface area contributed by atoms with Crippen LogP contribution in [0.15, 0.2) is 0 Å². The van der Waals surface area contributed by atoms with Gasteiger partial charge in [0.15, 0.2) is 0 Å². The smallest absolute Gasteiger partial charge is 0.148 e. The average molecular weight is 173 g/mol. The summed E-state index contributed by atoms with van der Waals surface area (Å²) in [4.78, 5) is 13.2. The molecule has 1 atom stereocenters. The molecule has 1 saturated heterocycles. The molecule has 2 nitrogen and oxygen atoms in total. The highest BCUT2D eigenvalue weighted by molar-refractivity contribution is 7.98. The standard InChI is InChI=1S/C8H15NOS/c1-7(6-11-2)9-4-3-8(10)5-9/h7H,3-6H2,1-2H3. The molecule has 1 heterocycles. The van der Waals surface area contributed by atoms with Crippen LogP contribution in [0.3, 0.4) is 0 Å². The maximum absolute atomic E-state index is 10.9. The minimum atomic E-state index is 0.401. The van der Waals surface area contributed by atoms with Gasteiger partial charge in [-0.3, -0.25) is 9.69 Å². The Balaban J connectivity index is 2.30. The Hall–Kier alpha value is -0.0200. The SMILES string of the molecule is CSCC(C)N1CCC(=O)C1. The highest BCUT2D eigenvalue weighted by atomic mass is 32.2. The zero-order valence-electron chi connectivity index (χ0n) is 7.17. The van der Waals surface area contributed by atoms with E-state index in [0.717, 1.165) is 18.7 Å². The van der Waals surface area contributed by atoms with E-state index in [0.29, 0.717) is 18.4 Å². The lowest BCUT2D eigenvalue weighted by molar-refractivity contribution is -0.117. The molecule has 1 fully saturated rings. The lowest BCUT2D eigenvalue weighted by Gasteiger charge is -2.21. The molecule has 0 aromatic carbocycles. The highest BCUT2D eigenvalue weighted by Crippen LogP contribution is 2.11. The first-order valence-corrected chi connectivity index (χ1v) is 5.38. The van der Waals surface area contributed by atoms with Crippen LogP contribution >= 0.6 is 11.8 Å². The first kappa shape index (κ1) is 9.07. The van der Waals surface area contributed by atoms with E-state index < -0.39 is 0 Å². The van der Waals surface area contributed by atoms with Crippen molar-refractivity contribution in [3.8, 4) is 0 Å². The highest BCUT2D eigenvalue weighted by Gasteiger charge is 2.22. The lowest BCUT2D eigenvalue weighted by atomic mass is 10.3. The molecule has 0 aromatic heterocycles. The number of rotatable bonds is 3. The molecule has 11 heavy (non-hydrogen) atoms. The van der Waals surface area contributed by atoms with Crippen LogP contribution in [-0.4, -0.2) is 41.8 Å². The number of thioether (sulfide) groups is 1. The molecule has 3 heteroatoms. The Morgan fingerprint density at radius 3 is 2.91 bits per heavy atom. The zero-order valence-corrected chi connectivity index (χ0v) is 7.99. The Morgan fingerprint density at radius 2 is 2.45 bits per heavy atom. The van der Waals surface area contributed by atoms with Crippen molar-refractivity contribution < 1.29 is 4.79 Å². The van der Waals surface area contributed by atoms with Gasteiger partial charge in [-0.1, -0.05) is 0 Å². The van der Waals surface area contributed by atoms with Gasteiger partial charge in [0, 0.05) is 24.8 Å². The van der Waals surface area contributed by atoms with Crippen LogP contribution in [0.25, 0.3) is 0 Å². The number of nitrogens with zero attached hydrogens (tertiary/aromatic N) is 1. The summed E-state index contributed by atoms with van der Waals surface area (Å²) in [5.41, 5.74) is 0. The fraction of sp³-hybridized carbons (Fsp3) is 0.875. The van der Waals surface area contributed by atoms with E-state index >= 15 is 0 Å². The van der Waals surface area contributed by atoms with E-state index in [-0.39, 0.29) is 0 Å². The van der Waals surface area contributed by atoms with Gasteiger partial charge < -0.3 is 0 Å². The fourth-order valence-electron chi connectivity index (χ4n) is 1.38. The number of Topliss-reactive ketones (excluding diaryl/α,β-unsaturated/α-hetero) is 1. The second-order valence-corrected chi connectivity index (χ2v) is 3.97. The molecule has 0 saturated carbocycles. The van der Waals surface area contributed by atoms with Gasteiger partial charge in [0.2, 0.25) is 0 Å². The van der Waals surface area contributed by atoms with Crippen LogP contribution in [-0.2, 0) is 4.79 Å². The van der Waals surface area contributed by atoms with Gasteiger partial charge in [0.25, 0.3) is 0 Å². The topological polar surface area (TPSA) is 20.3 Å². The third kappa shape index (κ3) is 2.49. The Labute approximate surface area is 72.3 Å². The molecule has 1 aliphatic rings. The molecule has 1 rings (SSSR count). The molecular formula is C8H15NOS. The number of ketones is 1. The first-order chi connectivity index (χ1) is 5.24. The van der Waals surface area contributed by atoms with Crippen molar-refractivity contribution in [3.63, 3.8) is 0 Å². The Bertz CT molecular complexity index is 149. The monoisotopic (exact) mass is 173 g/mol. The van der Waals surface area contributed by atoms with Crippen molar-refractivity contribution in [1.29, 1.82) is 0 Å². The van der Waals surface area contributed by atoms with E-state index in [4.69, 9.17) is 0 Å². The van der Waals surface area contributed by atoms with Gasteiger partial charge in [-0.25, -0.2) is 0 Å². The molecule has 0 radical (unpaired) electrons. The largest absolute Gasteiger partial charge is 0.298 e. The second kappa shape index (κ2) is 4.12. The number of carbonyl (C=O) groups is 1. The van der Waals surface area contributed by atoms with Gasteiger partial charge >= 0.3 is 0 Å². The Morgan fingerprint density at radius 1 is 1.73 bits per heavy atom. The van der Waals surface area contributed by atoms with E-state index in [1.54, 1.807) is 0 Å². The molecular weight excluding hydrogens is 158 g/mol. The molecule has 0 amide bonds. The first-order valence-electron chi connectivity index (χ1n) is 3.98. The van der Waals surface area contributed by atoms with Crippen molar-refractivity contribution >= 4 is 17.5 Å². The number of carbonyl (C=O) groups excluding carboxylic acids is 1. The van der Waals surface area contributed by atoms with Crippen LogP contribution in [0.2, 0.25) is 0 Å². The zero-order chi connectivity index (χ0) is 8.27. The second-order valence-electron chi connectivity index (χ2n) is 3.06. The number of hydrogen-bond donors (Lipinski definition) is 0. The predicted octanol–water partition coefficient (Wildman–Crippen LogP) is 1.01. The fourth-order valence-corrected chi connectivity index (χ4v) is 2.07. The van der Waals surface area contributed by atoms with Crippen LogP contribution in [0.5, 0.6) is 0 Å². The summed E-state index contributed by atoms with van der Waals surface area (Å²) >= 11 is 1.84. The van der Waals surface area contributed by atoms with Gasteiger partial charge in [0.1, 0.15) is 5.78 Å². The van der Waals surface area contributed by atoms with Crippen molar-refractivity contribution in [2.75, 3.05) is 25.1 Å². The van der Waals surface area contributed by atoms with Crippen molar-refractivity contribution in [2.24, 2.45) is 0 Å². The van der Waals surface area contributed by atoms with Gasteiger partial charge in [0.05, 0.1) is 6.54 Å². The van der Waals surface area contributed by atoms with Crippen molar-refractivity contribution in [2.45, 2.75) is 19.4 Å². The summed E-state index contributed by atoms with van der Waals surface area (Å²) in [5, 5.41) is 0. The molecule has 1 aliphatic heterocycles. The minimum absolute atomic E-state index is 0.401. The normalized spacial score (nSPS) is 22.5. The molecule has 0 bridgehead atoms. The maximum atomic E-state index is 10.9. The summed E-state index contributed by atoms with van der Waals surface area (Å²) in [6.07, 6.45) is 2.87. The Kier molecular flexibility index (Phi) is 3.40. The quantitative estimate of drug-likeness (QED) is 0.635. The van der Waals surface area contributed by atoms with Gasteiger partial charge in [-0.05, 0) is 13.2 Å². The summed E-state index contributed by atoms with van der Waals surface area (Å²) in [6.45, 7) is 3.84. The summed E-state index contributed by atoms with van der Waals surface area (Å²) in [7, 11) is 0. The minimum Gasteiger partial charge on any atom is -0.298 e. The third-order valence-corrected chi connectivity index (χ3v) is 2.90. The van der Waals surface area contributed by atoms with Crippen LogP contribution < -0.4 is 0 Å². The van der Waals surface area contributed by atoms with E-state index in [1.165, 1.54) is 0 Å². The van der Waals surface area contributed by atoms with Crippen LogP contribution in [0.4, 0.5) is 0 Å². The summed E-state index contributed by atoms with van der Waals surface area (Å²) in [5.74, 6) is 1.53. The van der Waals surface area contributed by atoms with E-state index in [1.807, 2.05) is 11.8 Å². The average Bonchev–Trinajstić information content (AvgIpc) is 2.36. The predicted molar refractivity (Wildman–Crippen MR) is 49.0 cm³/mol. The maximum Gasteiger partial charge on any atom is 0.148 e. The molecule has 0 aromatic rings. The molecule has 1 unspecified atom stereocenters. The molecule has 0 aliphatic carbocycles. The molecule has 0 spiro atoms. The van der Waals surface area contributed by atoms with Crippen LogP contribution in [0, 0.1) is 0 Å². The van der Waals surface area contributed by atoms with Gasteiger partial charge in [-0.15, -0.1) is 0 Å². The number of hydrogen-bond acceptors (Lipinski definition) is 3. The molecule has 0 N–H and O–H groups in total. The van der Waals surface area contributed by atoms with E-state index in [9.17, 15) is 4.79 Å². The summed E-state index contributed by atoms with van der Waals surface area (Å²) < 4.78 is 0. The third-order valence-electron chi connectivity index (χ3n) is 2.09.